The maximum absolute atomic E-state index is 13.6. The van der Waals surface area contributed by atoms with Gasteiger partial charge in [-0.05, 0) is 30.3 Å². The van der Waals surface area contributed by atoms with E-state index in [-0.39, 0.29) is 17.1 Å². The molecule has 0 heterocycles. The summed E-state index contributed by atoms with van der Waals surface area (Å²) in [4.78, 5) is 10.3. The number of nitro benzene ring substituents is 1. The number of nitro groups is 1. The second-order valence-electron chi connectivity index (χ2n) is 6.61. The van der Waals surface area contributed by atoms with Gasteiger partial charge in [0, 0.05) is 23.8 Å². The highest BCUT2D eigenvalue weighted by Gasteiger charge is 2.27. The fourth-order valence-corrected chi connectivity index (χ4v) is 4.59. The van der Waals surface area contributed by atoms with Crippen LogP contribution in [0.4, 0.5) is 11.4 Å². The number of hydrogen-bond acceptors (Lipinski definition) is 7. The Morgan fingerprint density at radius 2 is 1.47 bits per heavy atom. The van der Waals surface area contributed by atoms with Gasteiger partial charge in [0.15, 0.2) is 11.5 Å². The second-order valence-corrected chi connectivity index (χ2v) is 8.48. The summed E-state index contributed by atoms with van der Waals surface area (Å²) in [5.41, 5.74) is 0.758. The molecular formula is C22H22N2O7S. The number of methoxy groups -OCH3 is 3. The molecule has 0 radical (unpaired) electrons. The fourth-order valence-electron chi connectivity index (χ4n) is 3.15. The Morgan fingerprint density at radius 1 is 0.844 bits per heavy atom. The lowest BCUT2D eigenvalue weighted by Crippen LogP contribution is -2.30. The van der Waals surface area contributed by atoms with E-state index in [1.165, 1.54) is 37.8 Å². The summed E-state index contributed by atoms with van der Waals surface area (Å²) in [5.74, 6) is 1.33. The SMILES string of the molecule is COc1ccccc1CN(c1ccc(OC)c(OC)c1)S(=O)(=O)c1ccc([N+](=O)[O-])cc1. The van der Waals surface area contributed by atoms with Gasteiger partial charge in [0.1, 0.15) is 5.75 Å². The number of non-ortho nitro benzene ring substituents is 1. The van der Waals surface area contributed by atoms with Crippen LogP contribution in [0.15, 0.2) is 71.6 Å². The van der Waals surface area contributed by atoms with Crippen molar-refractivity contribution < 1.29 is 27.6 Å². The predicted octanol–water partition coefficient (Wildman–Crippen LogP) is 4.02. The third-order valence-corrected chi connectivity index (χ3v) is 6.59. The molecule has 0 aliphatic rings. The molecule has 0 aliphatic heterocycles. The molecule has 168 valence electrons. The van der Waals surface area contributed by atoms with E-state index < -0.39 is 14.9 Å². The van der Waals surface area contributed by atoms with Gasteiger partial charge in [0.2, 0.25) is 0 Å². The van der Waals surface area contributed by atoms with Crippen LogP contribution in [0.1, 0.15) is 5.56 Å². The molecule has 10 heteroatoms. The van der Waals surface area contributed by atoms with E-state index in [0.29, 0.717) is 28.5 Å². The van der Waals surface area contributed by atoms with Gasteiger partial charge in [-0.1, -0.05) is 18.2 Å². The van der Waals surface area contributed by atoms with E-state index in [9.17, 15) is 18.5 Å². The van der Waals surface area contributed by atoms with Crippen LogP contribution in [0.2, 0.25) is 0 Å². The second kappa shape index (κ2) is 9.56. The van der Waals surface area contributed by atoms with Crippen molar-refractivity contribution in [2.75, 3.05) is 25.6 Å². The molecule has 0 atom stereocenters. The molecule has 0 amide bonds. The molecule has 0 saturated carbocycles. The molecule has 3 aromatic rings. The van der Waals surface area contributed by atoms with Gasteiger partial charge in [-0.15, -0.1) is 0 Å². The van der Waals surface area contributed by atoms with Crippen LogP contribution < -0.4 is 18.5 Å². The van der Waals surface area contributed by atoms with Crippen LogP contribution in [-0.4, -0.2) is 34.7 Å². The number of rotatable bonds is 9. The molecule has 0 aliphatic carbocycles. The monoisotopic (exact) mass is 458 g/mol. The van der Waals surface area contributed by atoms with E-state index in [0.717, 1.165) is 12.1 Å². The van der Waals surface area contributed by atoms with Crippen molar-refractivity contribution in [1.29, 1.82) is 0 Å². The number of para-hydroxylation sites is 1. The number of nitrogens with zero attached hydrogens (tertiary/aromatic N) is 2. The average Bonchev–Trinajstić information content (AvgIpc) is 2.82. The lowest BCUT2D eigenvalue weighted by molar-refractivity contribution is -0.384. The van der Waals surface area contributed by atoms with Crippen molar-refractivity contribution in [1.82, 2.24) is 0 Å². The zero-order chi connectivity index (χ0) is 23.3. The van der Waals surface area contributed by atoms with Gasteiger partial charge in [-0.3, -0.25) is 14.4 Å². The highest BCUT2D eigenvalue weighted by atomic mass is 32.2. The molecule has 0 N–H and O–H groups in total. The molecule has 3 rings (SSSR count). The van der Waals surface area contributed by atoms with Crippen LogP contribution >= 0.6 is 0 Å². The first-order valence-corrected chi connectivity index (χ1v) is 10.9. The quantitative estimate of drug-likeness (QED) is 0.352. The van der Waals surface area contributed by atoms with E-state index >= 15 is 0 Å². The lowest BCUT2D eigenvalue weighted by Gasteiger charge is -2.26. The molecule has 0 spiro atoms. The third kappa shape index (κ3) is 4.59. The number of sulfonamides is 1. The molecule has 0 bridgehead atoms. The maximum atomic E-state index is 13.6. The smallest absolute Gasteiger partial charge is 0.269 e. The molecule has 32 heavy (non-hydrogen) atoms. The Bertz CT molecular complexity index is 1210. The summed E-state index contributed by atoms with van der Waals surface area (Å²) in [6.45, 7) is -0.0428. The van der Waals surface area contributed by atoms with Gasteiger partial charge in [0.25, 0.3) is 15.7 Å². The van der Waals surface area contributed by atoms with Gasteiger partial charge < -0.3 is 14.2 Å². The zero-order valence-corrected chi connectivity index (χ0v) is 18.5. The highest BCUT2D eigenvalue weighted by Crippen LogP contribution is 2.35. The van der Waals surface area contributed by atoms with Crippen molar-refractivity contribution in [3.05, 3.63) is 82.4 Å². The molecule has 0 aromatic heterocycles. The summed E-state index contributed by atoms with van der Waals surface area (Å²) >= 11 is 0. The molecular weight excluding hydrogens is 436 g/mol. The van der Waals surface area contributed by atoms with Gasteiger partial charge in [0.05, 0.1) is 43.4 Å². The first-order valence-electron chi connectivity index (χ1n) is 9.43. The number of ether oxygens (including phenoxy) is 3. The number of hydrogen-bond donors (Lipinski definition) is 0. The minimum absolute atomic E-state index is 0.0428. The van der Waals surface area contributed by atoms with Gasteiger partial charge in [-0.2, -0.15) is 0 Å². The molecule has 0 saturated heterocycles. The largest absolute Gasteiger partial charge is 0.496 e. The summed E-state index contributed by atoms with van der Waals surface area (Å²) < 4.78 is 44.4. The number of benzene rings is 3. The van der Waals surface area contributed by atoms with Gasteiger partial charge in [-0.25, -0.2) is 8.42 Å². The Morgan fingerprint density at radius 3 is 2.06 bits per heavy atom. The Hall–Kier alpha value is -3.79. The van der Waals surface area contributed by atoms with Crippen molar-refractivity contribution in [2.24, 2.45) is 0 Å². The summed E-state index contributed by atoms with van der Waals surface area (Å²) in [6.07, 6.45) is 0. The molecule has 0 fully saturated rings. The van der Waals surface area contributed by atoms with E-state index in [4.69, 9.17) is 14.2 Å². The van der Waals surface area contributed by atoms with Crippen LogP contribution in [0.5, 0.6) is 17.2 Å². The van der Waals surface area contributed by atoms with Crippen LogP contribution in [0, 0.1) is 10.1 Å². The Kier molecular flexibility index (Phi) is 6.84. The topological polar surface area (TPSA) is 108 Å². The Balaban J connectivity index is 2.14. The molecule has 9 nitrogen and oxygen atoms in total. The normalized spacial score (nSPS) is 11.0. The first kappa shape index (κ1) is 22.9. The molecule has 3 aromatic carbocycles. The summed E-state index contributed by atoms with van der Waals surface area (Å²) in [6, 6.07) is 16.6. The van der Waals surface area contributed by atoms with E-state index in [1.54, 1.807) is 42.5 Å². The third-order valence-electron chi connectivity index (χ3n) is 4.80. The van der Waals surface area contributed by atoms with Crippen LogP contribution in [0.3, 0.4) is 0 Å². The minimum atomic E-state index is -4.11. The van der Waals surface area contributed by atoms with Crippen molar-refractivity contribution in [3.8, 4) is 17.2 Å². The minimum Gasteiger partial charge on any atom is -0.496 e. The predicted molar refractivity (Wildman–Crippen MR) is 119 cm³/mol. The summed E-state index contributed by atoms with van der Waals surface area (Å²) in [5, 5.41) is 11.0. The van der Waals surface area contributed by atoms with E-state index in [2.05, 4.69) is 0 Å². The van der Waals surface area contributed by atoms with Gasteiger partial charge >= 0.3 is 0 Å². The highest BCUT2D eigenvalue weighted by molar-refractivity contribution is 7.92. The number of anilines is 1. The molecule has 0 unspecified atom stereocenters. The summed E-state index contributed by atoms with van der Waals surface area (Å²) in [7, 11) is 0.338. The van der Waals surface area contributed by atoms with E-state index in [1.807, 2.05) is 0 Å². The maximum Gasteiger partial charge on any atom is 0.269 e. The van der Waals surface area contributed by atoms with Crippen LogP contribution in [0.25, 0.3) is 0 Å². The van der Waals surface area contributed by atoms with Crippen molar-refractivity contribution in [2.45, 2.75) is 11.4 Å². The average molecular weight is 458 g/mol. The van der Waals surface area contributed by atoms with Crippen molar-refractivity contribution in [3.63, 3.8) is 0 Å². The van der Waals surface area contributed by atoms with Crippen molar-refractivity contribution >= 4 is 21.4 Å². The standard InChI is InChI=1S/C22H22N2O7S/c1-29-20-7-5-4-6-16(20)15-23(18-10-13-21(30-2)22(14-18)31-3)32(27,28)19-11-8-17(9-12-19)24(25)26/h4-14H,15H2,1-3H3. The Labute approximate surface area is 186 Å². The fraction of sp³-hybridized carbons (Fsp3) is 0.182. The first-order chi connectivity index (χ1) is 15.3. The van der Waals surface area contributed by atoms with Crippen LogP contribution in [-0.2, 0) is 16.6 Å². The lowest BCUT2D eigenvalue weighted by atomic mass is 10.2. The zero-order valence-electron chi connectivity index (χ0n) is 17.7.